The molecule has 1 amide bonds. The number of amides is 1. The van der Waals surface area contributed by atoms with Gasteiger partial charge < -0.3 is 33.9 Å². The van der Waals surface area contributed by atoms with E-state index in [0.29, 0.717) is 49.1 Å². The molecule has 49 heavy (non-hydrogen) atoms. The first-order chi connectivity index (χ1) is 23.6. The van der Waals surface area contributed by atoms with Crippen LogP contribution < -0.4 is 9.64 Å². The highest BCUT2D eigenvalue weighted by Gasteiger charge is 2.43. The van der Waals surface area contributed by atoms with Crippen molar-refractivity contribution >= 4 is 29.2 Å². The number of alkyl halides is 2. The van der Waals surface area contributed by atoms with E-state index in [1.807, 2.05) is 30.4 Å². The fourth-order valence-corrected chi connectivity index (χ4v) is 7.10. The Bertz CT molecular complexity index is 1480. The maximum absolute atomic E-state index is 13.4. The molecule has 0 radical (unpaired) electrons. The summed E-state index contributed by atoms with van der Waals surface area (Å²) in [5, 5.41) is 12.6. The molecule has 2 aliphatic heterocycles. The van der Waals surface area contributed by atoms with Crippen LogP contribution in [0.1, 0.15) is 55.2 Å². The highest BCUT2D eigenvalue weighted by molar-refractivity contribution is 6.30. The van der Waals surface area contributed by atoms with Gasteiger partial charge in [0.25, 0.3) is 6.43 Å². The topological polar surface area (TPSA) is 97.8 Å². The van der Waals surface area contributed by atoms with E-state index in [-0.39, 0.29) is 36.7 Å². The van der Waals surface area contributed by atoms with Crippen LogP contribution in [0.25, 0.3) is 0 Å². The summed E-state index contributed by atoms with van der Waals surface area (Å²) in [6, 6.07) is 11.0. The van der Waals surface area contributed by atoms with Gasteiger partial charge in [0.05, 0.1) is 38.5 Å². The van der Waals surface area contributed by atoms with Crippen molar-refractivity contribution in [3.05, 3.63) is 70.3 Å². The first-order valence-corrected chi connectivity index (χ1v) is 17.5. The number of methoxy groups -OCH3 is 1. The van der Waals surface area contributed by atoms with E-state index in [0.717, 1.165) is 43.2 Å². The molecule has 2 aromatic carbocycles. The van der Waals surface area contributed by atoms with Gasteiger partial charge >= 0.3 is 5.97 Å². The summed E-state index contributed by atoms with van der Waals surface area (Å²) in [6.07, 6.45) is 5.73. The molecule has 0 unspecified atom stereocenters. The minimum absolute atomic E-state index is 0.0691. The second-order valence-corrected chi connectivity index (χ2v) is 13.6. The molecule has 9 nitrogen and oxygen atoms in total. The standard InChI is InChI=1S/C37H47ClF2N2O7/c1-41-15-5-4-8-32(48-18-17-47-24-34(39)40)30-13-10-26(30)22-42-16-6-3-7-25-19-29(38)12-9-27(25)23-49-33-14-11-28(20-31(33)42)37(45,21-35(41)43)36(44)46-2/h4,8-9,11-12,14,19-20,26,30,32,34,45H,3,5-7,10,13,15-18,21-24H2,1-2H3/b8-4+/t26-,30+,32-,37+/m0/s1. The zero-order valence-corrected chi connectivity index (χ0v) is 29.0. The van der Waals surface area contributed by atoms with Crippen LogP contribution in [-0.2, 0) is 42.4 Å². The van der Waals surface area contributed by atoms with E-state index in [1.165, 1.54) is 12.0 Å². The molecule has 0 aromatic heterocycles. The highest BCUT2D eigenvalue weighted by atomic mass is 35.5. The summed E-state index contributed by atoms with van der Waals surface area (Å²) in [5.41, 5.74) is 0.913. The van der Waals surface area contributed by atoms with E-state index >= 15 is 0 Å². The van der Waals surface area contributed by atoms with Gasteiger partial charge in [0.15, 0.2) is 5.60 Å². The van der Waals surface area contributed by atoms with Gasteiger partial charge in [-0.15, -0.1) is 0 Å². The molecule has 2 heterocycles. The van der Waals surface area contributed by atoms with Crippen LogP contribution in [0.5, 0.6) is 5.75 Å². The number of carbonyl (C=O) groups excluding carboxylic acids is 2. The Morgan fingerprint density at radius 3 is 2.71 bits per heavy atom. The van der Waals surface area contributed by atoms with Crippen molar-refractivity contribution in [1.29, 1.82) is 0 Å². The van der Waals surface area contributed by atoms with E-state index in [1.54, 1.807) is 25.2 Å². The lowest BCUT2D eigenvalue weighted by Crippen LogP contribution is -2.45. The van der Waals surface area contributed by atoms with Crippen LogP contribution in [0.4, 0.5) is 14.5 Å². The summed E-state index contributed by atoms with van der Waals surface area (Å²) in [5.74, 6) is -0.338. The lowest BCUT2D eigenvalue weighted by Gasteiger charge is -2.44. The molecule has 4 atom stereocenters. The Hall–Kier alpha value is -3.25. The van der Waals surface area contributed by atoms with Gasteiger partial charge in [-0.25, -0.2) is 13.6 Å². The molecular weight excluding hydrogens is 658 g/mol. The van der Waals surface area contributed by atoms with Crippen LogP contribution in [0.15, 0.2) is 48.6 Å². The Balaban J connectivity index is 1.52. The number of hydrogen-bond acceptors (Lipinski definition) is 8. The summed E-state index contributed by atoms with van der Waals surface area (Å²) < 4.78 is 48.0. The third-order valence-corrected chi connectivity index (χ3v) is 10.1. The van der Waals surface area contributed by atoms with Crippen LogP contribution in [0, 0.1) is 11.8 Å². The average molecular weight is 705 g/mol. The Labute approximate surface area is 292 Å². The van der Waals surface area contributed by atoms with Gasteiger partial charge in [-0.2, -0.15) is 0 Å². The Morgan fingerprint density at radius 1 is 1.12 bits per heavy atom. The average Bonchev–Trinajstić information content (AvgIpc) is 3.10. The third-order valence-electron chi connectivity index (χ3n) is 9.90. The molecule has 0 spiro atoms. The maximum Gasteiger partial charge on any atom is 0.343 e. The monoisotopic (exact) mass is 704 g/mol. The molecule has 2 aromatic rings. The molecule has 3 aliphatic rings. The predicted molar refractivity (Wildman–Crippen MR) is 182 cm³/mol. The second kappa shape index (κ2) is 17.1. The number of fused-ring (bicyclic) bond motifs is 3. The van der Waals surface area contributed by atoms with Crippen LogP contribution in [0.2, 0.25) is 5.02 Å². The number of ether oxygens (including phenoxy) is 4. The smallest absolute Gasteiger partial charge is 0.343 e. The number of nitrogens with zero attached hydrogens (tertiary/aromatic N) is 2. The van der Waals surface area contributed by atoms with Crippen molar-refractivity contribution in [2.75, 3.05) is 58.5 Å². The molecule has 1 N–H and O–H groups in total. The van der Waals surface area contributed by atoms with Crippen molar-refractivity contribution in [2.24, 2.45) is 11.8 Å². The highest BCUT2D eigenvalue weighted by Crippen LogP contribution is 2.43. The van der Waals surface area contributed by atoms with Gasteiger partial charge in [-0.1, -0.05) is 35.9 Å². The van der Waals surface area contributed by atoms with Gasteiger partial charge in [0, 0.05) is 31.7 Å². The summed E-state index contributed by atoms with van der Waals surface area (Å²) in [7, 11) is 2.83. The molecule has 12 heteroatoms. The lowest BCUT2D eigenvalue weighted by molar-refractivity contribution is -0.168. The minimum atomic E-state index is -2.53. The fourth-order valence-electron chi connectivity index (χ4n) is 6.91. The number of esters is 1. The SMILES string of the molecule is COC(=O)[C@@]1(O)CC(=O)N(C)CC/C=C/[C@H](OCCOCC(F)F)[C@@H]2CC[C@H]2CN2CCCCc3cc(Cl)ccc3COc3ccc1cc32. The van der Waals surface area contributed by atoms with Crippen molar-refractivity contribution < 1.29 is 42.4 Å². The van der Waals surface area contributed by atoms with Crippen LogP contribution >= 0.6 is 11.6 Å². The zero-order valence-electron chi connectivity index (χ0n) is 28.3. The molecule has 1 saturated carbocycles. The molecule has 268 valence electrons. The normalized spacial score (nSPS) is 25.7. The summed E-state index contributed by atoms with van der Waals surface area (Å²) in [6.45, 7) is 1.62. The molecule has 1 fully saturated rings. The van der Waals surface area contributed by atoms with Crippen LogP contribution in [0.3, 0.4) is 0 Å². The van der Waals surface area contributed by atoms with Crippen molar-refractivity contribution in [2.45, 2.75) is 69.7 Å². The largest absolute Gasteiger partial charge is 0.487 e. The van der Waals surface area contributed by atoms with E-state index in [9.17, 15) is 23.5 Å². The molecule has 2 bridgehead atoms. The van der Waals surface area contributed by atoms with Gasteiger partial charge in [-0.05, 0) is 91.3 Å². The fraction of sp³-hybridized carbons (Fsp3) is 0.568. The number of halogens is 3. The molecule has 1 aliphatic carbocycles. The number of benzene rings is 2. The van der Waals surface area contributed by atoms with E-state index in [2.05, 4.69) is 4.90 Å². The number of aliphatic hydroxyl groups is 1. The second-order valence-electron chi connectivity index (χ2n) is 13.2. The number of aryl methyl sites for hydroxylation is 1. The summed E-state index contributed by atoms with van der Waals surface area (Å²) >= 11 is 6.35. The van der Waals surface area contributed by atoms with Gasteiger partial charge in [0.1, 0.15) is 19.0 Å². The minimum Gasteiger partial charge on any atom is -0.487 e. The molecule has 5 rings (SSSR count). The number of rotatable bonds is 7. The quantitative estimate of drug-likeness (QED) is 0.216. The maximum atomic E-state index is 13.4. The van der Waals surface area contributed by atoms with Crippen molar-refractivity contribution in [3.63, 3.8) is 0 Å². The first-order valence-electron chi connectivity index (χ1n) is 17.1. The van der Waals surface area contributed by atoms with E-state index in [4.69, 9.17) is 30.5 Å². The predicted octanol–water partition coefficient (Wildman–Crippen LogP) is 5.92. The van der Waals surface area contributed by atoms with Crippen molar-refractivity contribution in [1.82, 2.24) is 4.90 Å². The zero-order chi connectivity index (χ0) is 35.0. The first kappa shape index (κ1) is 37.0. The van der Waals surface area contributed by atoms with E-state index < -0.39 is 36.9 Å². The number of hydrogen-bond donors (Lipinski definition) is 1. The van der Waals surface area contributed by atoms with Gasteiger partial charge in [-0.3, -0.25) is 4.79 Å². The Morgan fingerprint density at radius 2 is 1.96 bits per heavy atom. The van der Waals surface area contributed by atoms with Crippen molar-refractivity contribution in [3.8, 4) is 5.75 Å². The van der Waals surface area contributed by atoms with Crippen LogP contribution in [-0.4, -0.2) is 88.0 Å². The molecule has 0 saturated heterocycles. The third kappa shape index (κ3) is 9.31. The lowest BCUT2D eigenvalue weighted by atomic mass is 9.70. The molecular formula is C37H47ClF2N2O7. The summed E-state index contributed by atoms with van der Waals surface area (Å²) in [4.78, 5) is 30.4. The Kier molecular flexibility index (Phi) is 12.9. The van der Waals surface area contributed by atoms with Gasteiger partial charge in [0.2, 0.25) is 5.91 Å². The number of carbonyl (C=O) groups is 2. The number of anilines is 1.